The molecule has 94 valence electrons. The highest BCUT2D eigenvalue weighted by Crippen LogP contribution is 2.16. The summed E-state index contributed by atoms with van der Waals surface area (Å²) in [6.45, 7) is 7.74. The Morgan fingerprint density at radius 2 is 1.81 bits per heavy atom. The summed E-state index contributed by atoms with van der Waals surface area (Å²) in [7, 11) is 2.07. The average Bonchev–Trinajstić information content (AvgIpc) is 2.76. The first-order valence-electron chi connectivity index (χ1n) is 7.01. The Morgan fingerprint density at radius 1 is 1.00 bits per heavy atom. The third-order valence-electron chi connectivity index (χ3n) is 4.09. The number of hydrogen-bond acceptors (Lipinski definition) is 3. The molecule has 0 radical (unpaired) electrons. The molecule has 1 atom stereocenters. The van der Waals surface area contributed by atoms with Crippen LogP contribution in [0.15, 0.2) is 0 Å². The molecule has 2 fully saturated rings. The minimum absolute atomic E-state index is 0.801. The monoisotopic (exact) mass is 225 g/mol. The highest BCUT2D eigenvalue weighted by atomic mass is 15.2. The molecule has 0 aliphatic carbocycles. The molecule has 2 rings (SSSR count). The van der Waals surface area contributed by atoms with Crippen molar-refractivity contribution in [3.63, 3.8) is 0 Å². The van der Waals surface area contributed by atoms with Crippen LogP contribution in [0.5, 0.6) is 0 Å². The molecule has 2 saturated heterocycles. The van der Waals surface area contributed by atoms with Gasteiger partial charge >= 0.3 is 0 Å². The molecule has 0 aromatic carbocycles. The maximum atomic E-state index is 3.32. The highest BCUT2D eigenvalue weighted by molar-refractivity contribution is 4.81. The van der Waals surface area contributed by atoms with E-state index in [1.165, 1.54) is 71.4 Å². The van der Waals surface area contributed by atoms with E-state index >= 15 is 0 Å². The maximum Gasteiger partial charge on any atom is 0.0221 e. The predicted molar refractivity (Wildman–Crippen MR) is 68.8 cm³/mol. The van der Waals surface area contributed by atoms with Crippen LogP contribution in [0, 0.1) is 0 Å². The fraction of sp³-hybridized carbons (Fsp3) is 1.00. The van der Waals surface area contributed by atoms with Crippen molar-refractivity contribution >= 4 is 0 Å². The molecule has 0 aromatic rings. The Morgan fingerprint density at radius 3 is 2.56 bits per heavy atom. The van der Waals surface area contributed by atoms with Crippen LogP contribution in [0.3, 0.4) is 0 Å². The van der Waals surface area contributed by atoms with Crippen molar-refractivity contribution in [2.75, 3.05) is 46.3 Å². The third-order valence-corrected chi connectivity index (χ3v) is 4.09. The van der Waals surface area contributed by atoms with Crippen molar-refractivity contribution < 1.29 is 0 Å². The summed E-state index contributed by atoms with van der Waals surface area (Å²) >= 11 is 0. The van der Waals surface area contributed by atoms with E-state index < -0.39 is 0 Å². The van der Waals surface area contributed by atoms with E-state index in [4.69, 9.17) is 0 Å². The minimum Gasteiger partial charge on any atom is -0.318 e. The van der Waals surface area contributed by atoms with Crippen molar-refractivity contribution in [2.24, 2.45) is 0 Å². The predicted octanol–water partition coefficient (Wildman–Crippen LogP) is 1.16. The zero-order chi connectivity index (χ0) is 11.2. The molecule has 3 heteroatoms. The van der Waals surface area contributed by atoms with E-state index in [2.05, 4.69) is 22.2 Å². The van der Waals surface area contributed by atoms with Gasteiger partial charge in [-0.25, -0.2) is 0 Å². The zero-order valence-electron chi connectivity index (χ0n) is 10.7. The largest absolute Gasteiger partial charge is 0.318 e. The highest BCUT2D eigenvalue weighted by Gasteiger charge is 2.23. The molecule has 1 N–H and O–H groups in total. The van der Waals surface area contributed by atoms with Crippen LogP contribution in [-0.2, 0) is 0 Å². The van der Waals surface area contributed by atoms with Gasteiger partial charge in [0.15, 0.2) is 0 Å². The molecule has 0 saturated carbocycles. The van der Waals surface area contributed by atoms with Crippen LogP contribution in [0.25, 0.3) is 0 Å². The van der Waals surface area contributed by atoms with Crippen LogP contribution < -0.4 is 5.32 Å². The quantitative estimate of drug-likeness (QED) is 0.757. The molecular weight excluding hydrogens is 198 g/mol. The fourth-order valence-corrected chi connectivity index (χ4v) is 3.11. The van der Waals surface area contributed by atoms with Crippen LogP contribution in [0.2, 0.25) is 0 Å². The summed E-state index contributed by atoms with van der Waals surface area (Å²) in [6, 6.07) is 0.801. The maximum absolute atomic E-state index is 3.32. The summed E-state index contributed by atoms with van der Waals surface area (Å²) in [5.74, 6) is 0. The molecule has 16 heavy (non-hydrogen) atoms. The van der Waals surface area contributed by atoms with Crippen molar-refractivity contribution in [3.8, 4) is 0 Å². The standard InChI is InChI=1S/C13H27N3/c1-14-12-13-6-5-9-16(13)11-10-15-7-3-2-4-8-15/h13-14H,2-12H2,1H3. The molecule has 3 nitrogen and oxygen atoms in total. The van der Waals surface area contributed by atoms with Gasteiger partial charge in [-0.1, -0.05) is 6.42 Å². The number of piperidine rings is 1. The van der Waals surface area contributed by atoms with Crippen LogP contribution in [0.4, 0.5) is 0 Å². The van der Waals surface area contributed by atoms with Gasteiger partial charge in [-0.2, -0.15) is 0 Å². The second-order valence-electron chi connectivity index (χ2n) is 5.29. The van der Waals surface area contributed by atoms with Gasteiger partial charge in [0.1, 0.15) is 0 Å². The smallest absolute Gasteiger partial charge is 0.0221 e. The van der Waals surface area contributed by atoms with E-state index in [9.17, 15) is 0 Å². The normalized spacial score (nSPS) is 28.7. The molecule has 0 amide bonds. The van der Waals surface area contributed by atoms with Gasteiger partial charge in [-0.05, 0) is 52.4 Å². The number of nitrogens with zero attached hydrogens (tertiary/aromatic N) is 2. The number of likely N-dealkylation sites (tertiary alicyclic amines) is 2. The van der Waals surface area contributed by atoms with Crippen molar-refractivity contribution in [2.45, 2.75) is 38.1 Å². The first-order valence-corrected chi connectivity index (χ1v) is 7.01. The molecule has 2 heterocycles. The van der Waals surface area contributed by atoms with Gasteiger partial charge in [-0.15, -0.1) is 0 Å². The van der Waals surface area contributed by atoms with E-state index in [1.807, 2.05) is 0 Å². The molecule has 0 aromatic heterocycles. The van der Waals surface area contributed by atoms with Crippen molar-refractivity contribution in [1.29, 1.82) is 0 Å². The second-order valence-corrected chi connectivity index (χ2v) is 5.29. The molecular formula is C13H27N3. The van der Waals surface area contributed by atoms with E-state index in [-0.39, 0.29) is 0 Å². The molecule has 2 aliphatic heterocycles. The number of rotatable bonds is 5. The third kappa shape index (κ3) is 3.44. The van der Waals surface area contributed by atoms with E-state index in [1.54, 1.807) is 0 Å². The lowest BCUT2D eigenvalue weighted by atomic mass is 10.1. The van der Waals surface area contributed by atoms with Gasteiger partial charge < -0.3 is 10.2 Å². The Labute approximate surface area is 100 Å². The Bertz CT molecular complexity index is 190. The lowest BCUT2D eigenvalue weighted by Gasteiger charge is -2.30. The van der Waals surface area contributed by atoms with Crippen molar-refractivity contribution in [1.82, 2.24) is 15.1 Å². The lowest BCUT2D eigenvalue weighted by Crippen LogP contribution is -2.42. The summed E-state index contributed by atoms with van der Waals surface area (Å²) in [6.07, 6.45) is 7.07. The summed E-state index contributed by atoms with van der Waals surface area (Å²) in [4.78, 5) is 5.34. The minimum atomic E-state index is 0.801. The first-order chi connectivity index (χ1) is 7.90. The zero-order valence-corrected chi connectivity index (χ0v) is 10.7. The summed E-state index contributed by atoms with van der Waals surface area (Å²) in [5.41, 5.74) is 0. The van der Waals surface area contributed by atoms with E-state index in [0.29, 0.717) is 0 Å². The summed E-state index contributed by atoms with van der Waals surface area (Å²) in [5, 5.41) is 3.32. The van der Waals surface area contributed by atoms with Gasteiger partial charge in [0.05, 0.1) is 0 Å². The Balaban J connectivity index is 1.67. The average molecular weight is 225 g/mol. The van der Waals surface area contributed by atoms with E-state index in [0.717, 1.165) is 6.04 Å². The molecule has 2 aliphatic rings. The Hall–Kier alpha value is -0.120. The number of hydrogen-bond donors (Lipinski definition) is 1. The molecule has 0 bridgehead atoms. The van der Waals surface area contributed by atoms with Crippen molar-refractivity contribution in [3.05, 3.63) is 0 Å². The van der Waals surface area contributed by atoms with Crippen LogP contribution >= 0.6 is 0 Å². The Kier molecular flexibility index (Phi) is 5.07. The molecule has 1 unspecified atom stereocenters. The molecule has 0 spiro atoms. The summed E-state index contributed by atoms with van der Waals surface area (Å²) < 4.78 is 0. The van der Waals surface area contributed by atoms with Gasteiger partial charge in [0.2, 0.25) is 0 Å². The number of nitrogens with one attached hydrogen (secondary N) is 1. The van der Waals surface area contributed by atoms with Crippen LogP contribution in [0.1, 0.15) is 32.1 Å². The first kappa shape index (κ1) is 12.3. The fourth-order valence-electron chi connectivity index (χ4n) is 3.11. The topological polar surface area (TPSA) is 18.5 Å². The van der Waals surface area contributed by atoms with Gasteiger partial charge in [-0.3, -0.25) is 4.90 Å². The number of likely N-dealkylation sites (N-methyl/N-ethyl adjacent to an activating group) is 1. The SMILES string of the molecule is CNCC1CCCN1CCN1CCCCC1. The second kappa shape index (κ2) is 6.58. The van der Waals surface area contributed by atoms with Crippen LogP contribution in [-0.4, -0.2) is 62.2 Å². The lowest BCUT2D eigenvalue weighted by molar-refractivity contribution is 0.173. The van der Waals surface area contributed by atoms with Gasteiger partial charge in [0.25, 0.3) is 0 Å². The van der Waals surface area contributed by atoms with Gasteiger partial charge in [0, 0.05) is 25.7 Å².